The van der Waals surface area contributed by atoms with Crippen LogP contribution in [0.15, 0.2) is 18.2 Å². The highest BCUT2D eigenvalue weighted by atomic mass is 19.1. The summed E-state index contributed by atoms with van der Waals surface area (Å²) >= 11 is 0. The van der Waals surface area contributed by atoms with Gasteiger partial charge in [0, 0.05) is 0 Å². The van der Waals surface area contributed by atoms with Crippen LogP contribution in [0.1, 0.15) is 15.9 Å². The summed E-state index contributed by atoms with van der Waals surface area (Å²) < 4.78 is 13.7. The minimum absolute atomic E-state index is 0.115. The second-order valence-electron chi connectivity index (χ2n) is 3.41. The molecule has 1 amide bonds. The van der Waals surface area contributed by atoms with Gasteiger partial charge in [-0.2, -0.15) is 10.5 Å². The molecule has 17 heavy (non-hydrogen) atoms. The van der Waals surface area contributed by atoms with E-state index in [0.29, 0.717) is 5.56 Å². The lowest BCUT2D eigenvalue weighted by Gasteiger charge is -2.16. The molecule has 0 heterocycles. The van der Waals surface area contributed by atoms with E-state index < -0.39 is 11.7 Å². The Morgan fingerprint density at radius 2 is 1.94 bits per heavy atom. The van der Waals surface area contributed by atoms with Crippen molar-refractivity contribution in [2.24, 2.45) is 0 Å². The van der Waals surface area contributed by atoms with Crippen molar-refractivity contribution in [3.63, 3.8) is 0 Å². The van der Waals surface area contributed by atoms with Gasteiger partial charge in [0.15, 0.2) is 0 Å². The van der Waals surface area contributed by atoms with Gasteiger partial charge >= 0.3 is 0 Å². The molecule has 0 bridgehead atoms. The predicted octanol–water partition coefficient (Wildman–Crippen LogP) is 1.62. The Kier molecular flexibility index (Phi) is 4.19. The number of nitrogens with zero attached hydrogens (tertiary/aromatic N) is 3. The van der Waals surface area contributed by atoms with E-state index in [0.717, 1.165) is 4.90 Å². The molecule has 0 unspecified atom stereocenters. The van der Waals surface area contributed by atoms with Crippen molar-refractivity contribution >= 4 is 5.91 Å². The molecule has 1 aromatic rings. The van der Waals surface area contributed by atoms with Crippen LogP contribution in [0.5, 0.6) is 0 Å². The van der Waals surface area contributed by atoms with E-state index >= 15 is 0 Å². The molecule has 0 aliphatic carbocycles. The van der Waals surface area contributed by atoms with Gasteiger partial charge in [0.05, 0.1) is 17.7 Å². The SMILES string of the molecule is Cc1cccc(C(=O)N(CC#N)CC#N)c1F. The van der Waals surface area contributed by atoms with Crippen molar-refractivity contribution in [1.29, 1.82) is 10.5 Å². The lowest BCUT2D eigenvalue weighted by atomic mass is 10.1. The molecule has 0 saturated heterocycles. The molecule has 0 radical (unpaired) electrons. The number of carbonyl (C=O) groups is 1. The van der Waals surface area contributed by atoms with E-state index in [9.17, 15) is 9.18 Å². The van der Waals surface area contributed by atoms with Crippen molar-refractivity contribution in [3.8, 4) is 12.1 Å². The number of rotatable bonds is 3. The predicted molar refractivity (Wildman–Crippen MR) is 58.3 cm³/mol. The average molecular weight is 231 g/mol. The molecular weight excluding hydrogens is 221 g/mol. The molecule has 0 saturated carbocycles. The third-order valence-corrected chi connectivity index (χ3v) is 2.23. The van der Waals surface area contributed by atoms with E-state index in [4.69, 9.17) is 10.5 Å². The Morgan fingerprint density at radius 1 is 1.35 bits per heavy atom. The van der Waals surface area contributed by atoms with Crippen LogP contribution in [0.4, 0.5) is 4.39 Å². The Bertz CT molecular complexity index is 497. The van der Waals surface area contributed by atoms with Gasteiger partial charge in [0.1, 0.15) is 18.9 Å². The minimum Gasteiger partial charge on any atom is -0.312 e. The Balaban J connectivity index is 3.07. The van der Waals surface area contributed by atoms with E-state index in [1.807, 2.05) is 0 Å². The van der Waals surface area contributed by atoms with Crippen LogP contribution in [-0.2, 0) is 0 Å². The lowest BCUT2D eigenvalue weighted by molar-refractivity contribution is 0.0790. The normalized spacial score (nSPS) is 9.18. The molecule has 0 fully saturated rings. The smallest absolute Gasteiger partial charge is 0.258 e. The molecule has 0 atom stereocenters. The van der Waals surface area contributed by atoms with Crippen LogP contribution in [0, 0.1) is 35.4 Å². The van der Waals surface area contributed by atoms with Gasteiger partial charge in [-0.3, -0.25) is 4.79 Å². The highest BCUT2D eigenvalue weighted by Gasteiger charge is 2.19. The minimum atomic E-state index is -0.644. The van der Waals surface area contributed by atoms with Crippen molar-refractivity contribution < 1.29 is 9.18 Å². The molecule has 1 aromatic carbocycles. The molecule has 5 heteroatoms. The first-order valence-electron chi connectivity index (χ1n) is 4.90. The second kappa shape index (κ2) is 5.62. The number of aryl methyl sites for hydroxylation is 1. The molecule has 0 aliphatic heterocycles. The number of hydrogen-bond donors (Lipinski definition) is 0. The zero-order valence-corrected chi connectivity index (χ0v) is 9.27. The molecule has 1 rings (SSSR count). The van der Waals surface area contributed by atoms with Gasteiger partial charge in [0.2, 0.25) is 0 Å². The van der Waals surface area contributed by atoms with Crippen LogP contribution in [0.2, 0.25) is 0 Å². The van der Waals surface area contributed by atoms with Crippen LogP contribution in [0.3, 0.4) is 0 Å². The summed E-state index contributed by atoms with van der Waals surface area (Å²) in [5, 5.41) is 17.1. The van der Waals surface area contributed by atoms with Gasteiger partial charge in [-0.15, -0.1) is 0 Å². The third kappa shape index (κ3) is 2.79. The van der Waals surface area contributed by atoms with E-state index in [1.54, 1.807) is 31.2 Å². The summed E-state index contributed by atoms with van der Waals surface area (Å²) in [5.41, 5.74) is 0.236. The van der Waals surface area contributed by atoms with Crippen LogP contribution < -0.4 is 0 Å². The summed E-state index contributed by atoms with van der Waals surface area (Å²) in [6, 6.07) is 7.98. The zero-order valence-electron chi connectivity index (χ0n) is 9.27. The van der Waals surface area contributed by atoms with E-state index in [2.05, 4.69) is 0 Å². The fraction of sp³-hybridized carbons (Fsp3) is 0.250. The molecule has 86 valence electrons. The zero-order chi connectivity index (χ0) is 12.8. The van der Waals surface area contributed by atoms with Crippen molar-refractivity contribution in [3.05, 3.63) is 35.1 Å². The maximum Gasteiger partial charge on any atom is 0.258 e. The second-order valence-corrected chi connectivity index (χ2v) is 3.41. The number of benzene rings is 1. The molecule has 4 nitrogen and oxygen atoms in total. The number of nitriles is 2. The van der Waals surface area contributed by atoms with Crippen molar-refractivity contribution in [1.82, 2.24) is 4.90 Å². The first kappa shape index (κ1) is 12.7. The fourth-order valence-corrected chi connectivity index (χ4v) is 1.35. The lowest BCUT2D eigenvalue weighted by Crippen LogP contribution is -2.32. The summed E-state index contributed by atoms with van der Waals surface area (Å²) in [4.78, 5) is 12.9. The molecule has 0 aliphatic rings. The van der Waals surface area contributed by atoms with Crippen molar-refractivity contribution in [2.75, 3.05) is 13.1 Å². The van der Waals surface area contributed by atoms with Crippen molar-refractivity contribution in [2.45, 2.75) is 6.92 Å². The van der Waals surface area contributed by atoms with E-state index in [1.165, 1.54) is 6.07 Å². The quantitative estimate of drug-likeness (QED) is 0.742. The van der Waals surface area contributed by atoms with Crippen LogP contribution in [0.25, 0.3) is 0 Å². The standard InChI is InChI=1S/C12H10FN3O/c1-9-3-2-4-10(11(9)13)12(17)16(7-5-14)8-6-15/h2-4H,7-8H2,1H3. The summed E-state index contributed by atoms with van der Waals surface area (Å²) in [6.45, 7) is 1.07. The number of halogens is 1. The van der Waals surface area contributed by atoms with Gasteiger partial charge in [0.25, 0.3) is 5.91 Å². The largest absolute Gasteiger partial charge is 0.312 e. The molecule has 0 N–H and O–H groups in total. The van der Waals surface area contributed by atoms with Crippen LogP contribution >= 0.6 is 0 Å². The van der Waals surface area contributed by atoms with Gasteiger partial charge in [-0.25, -0.2) is 4.39 Å². The first-order valence-corrected chi connectivity index (χ1v) is 4.90. The number of carbonyl (C=O) groups excluding carboxylic acids is 1. The Morgan fingerprint density at radius 3 is 2.47 bits per heavy atom. The van der Waals surface area contributed by atoms with Gasteiger partial charge in [-0.1, -0.05) is 12.1 Å². The molecular formula is C12H10FN3O. The highest BCUT2D eigenvalue weighted by Crippen LogP contribution is 2.14. The average Bonchev–Trinajstić information content (AvgIpc) is 2.31. The maximum absolute atomic E-state index is 13.7. The first-order chi connectivity index (χ1) is 8.11. The molecule has 0 spiro atoms. The van der Waals surface area contributed by atoms with Crippen LogP contribution in [-0.4, -0.2) is 23.9 Å². The molecule has 0 aromatic heterocycles. The summed E-state index contributed by atoms with van der Waals surface area (Å²) in [5.74, 6) is -1.26. The Labute approximate surface area is 98.5 Å². The van der Waals surface area contributed by atoms with Gasteiger partial charge < -0.3 is 4.90 Å². The summed E-state index contributed by atoms with van der Waals surface area (Å²) in [7, 11) is 0. The highest BCUT2D eigenvalue weighted by molar-refractivity contribution is 5.95. The Hall–Kier alpha value is -2.40. The number of hydrogen-bond acceptors (Lipinski definition) is 3. The van der Waals surface area contributed by atoms with Gasteiger partial charge in [-0.05, 0) is 18.6 Å². The number of amides is 1. The third-order valence-electron chi connectivity index (χ3n) is 2.23. The van der Waals surface area contributed by atoms with E-state index in [-0.39, 0.29) is 18.7 Å². The fourth-order valence-electron chi connectivity index (χ4n) is 1.35. The monoisotopic (exact) mass is 231 g/mol. The topological polar surface area (TPSA) is 67.9 Å². The maximum atomic E-state index is 13.7. The summed E-state index contributed by atoms with van der Waals surface area (Å²) in [6.07, 6.45) is 0.